The zero-order chi connectivity index (χ0) is 13.0. The molecule has 0 aliphatic carbocycles. The van der Waals surface area contributed by atoms with Crippen LogP contribution in [0.5, 0.6) is 0 Å². The second-order valence-corrected chi connectivity index (χ2v) is 5.88. The van der Waals surface area contributed by atoms with Crippen molar-refractivity contribution < 1.29 is 22.4 Å². The molecule has 1 aromatic rings. The molecule has 1 aromatic heterocycles. The molecule has 0 unspecified atom stereocenters. The van der Waals surface area contributed by atoms with E-state index in [1.807, 2.05) is 0 Å². The van der Waals surface area contributed by atoms with Crippen molar-refractivity contribution in [3.05, 3.63) is 17.9 Å². The quantitative estimate of drug-likeness (QED) is 0.802. The van der Waals surface area contributed by atoms with Gasteiger partial charge in [0.05, 0.1) is 0 Å². The molecule has 1 aliphatic rings. The van der Waals surface area contributed by atoms with E-state index in [9.17, 15) is 13.2 Å². The number of carbonyl (C=O) groups is 1. The Morgan fingerprint density at radius 2 is 2.06 bits per heavy atom. The summed E-state index contributed by atoms with van der Waals surface area (Å²) >= 11 is 0. The number of aldehydes is 1. The largest absolute Gasteiger partial charge is 0.440 e. The average Bonchev–Trinajstić information content (AvgIpc) is 2.87. The number of hydrogen-bond acceptors (Lipinski definition) is 5. The molecule has 0 atom stereocenters. The molecule has 7 heteroatoms. The zero-order valence-corrected chi connectivity index (χ0v) is 10.6. The van der Waals surface area contributed by atoms with Gasteiger partial charge in [0.25, 0.3) is 10.0 Å². The third kappa shape index (κ3) is 3.18. The van der Waals surface area contributed by atoms with Crippen molar-refractivity contribution in [2.75, 3.05) is 19.8 Å². The summed E-state index contributed by atoms with van der Waals surface area (Å²) < 4.78 is 36.3. The molecule has 18 heavy (non-hydrogen) atoms. The molecule has 2 heterocycles. The van der Waals surface area contributed by atoms with Crippen molar-refractivity contribution in [1.29, 1.82) is 0 Å². The van der Waals surface area contributed by atoms with Gasteiger partial charge < -0.3 is 9.15 Å². The molecule has 0 radical (unpaired) electrons. The number of furan rings is 1. The number of hydrogen-bond donors (Lipinski definition) is 1. The van der Waals surface area contributed by atoms with Crippen molar-refractivity contribution in [3.63, 3.8) is 0 Å². The molecular weight excluding hydrogens is 258 g/mol. The Morgan fingerprint density at radius 3 is 2.67 bits per heavy atom. The van der Waals surface area contributed by atoms with Crippen LogP contribution in [0, 0.1) is 5.92 Å². The first-order valence-electron chi connectivity index (χ1n) is 5.74. The standard InChI is InChI=1S/C11H15NO5S/c13-8-10-1-2-11(17-10)18(14,15)12-7-9-3-5-16-6-4-9/h1-2,8-9,12H,3-7H2. The molecule has 0 spiro atoms. The van der Waals surface area contributed by atoms with Crippen LogP contribution in [0.3, 0.4) is 0 Å². The maximum atomic E-state index is 11.9. The van der Waals surface area contributed by atoms with Crippen LogP contribution in [0.15, 0.2) is 21.6 Å². The number of nitrogens with one attached hydrogen (secondary N) is 1. The first kappa shape index (κ1) is 13.3. The molecule has 0 aromatic carbocycles. The van der Waals surface area contributed by atoms with E-state index in [-0.39, 0.29) is 16.8 Å². The summed E-state index contributed by atoms with van der Waals surface area (Å²) in [6, 6.07) is 2.60. The Bertz CT molecular complexity index is 501. The average molecular weight is 273 g/mol. The van der Waals surface area contributed by atoms with Gasteiger partial charge in [-0.15, -0.1) is 0 Å². The fourth-order valence-corrected chi connectivity index (χ4v) is 2.84. The first-order chi connectivity index (χ1) is 8.62. The van der Waals surface area contributed by atoms with Crippen LogP contribution in [0.25, 0.3) is 0 Å². The highest BCUT2D eigenvalue weighted by atomic mass is 32.2. The van der Waals surface area contributed by atoms with E-state index in [0.29, 0.717) is 26.0 Å². The summed E-state index contributed by atoms with van der Waals surface area (Å²) in [6.45, 7) is 1.70. The lowest BCUT2D eigenvalue weighted by atomic mass is 10.0. The van der Waals surface area contributed by atoms with Crippen LogP contribution < -0.4 is 4.72 Å². The van der Waals surface area contributed by atoms with Gasteiger partial charge in [-0.25, -0.2) is 13.1 Å². The van der Waals surface area contributed by atoms with Crippen molar-refractivity contribution in [2.45, 2.75) is 17.9 Å². The Kier molecular flexibility index (Phi) is 4.15. The van der Waals surface area contributed by atoms with Crippen LogP contribution >= 0.6 is 0 Å². The highest BCUT2D eigenvalue weighted by Crippen LogP contribution is 2.16. The third-order valence-electron chi connectivity index (χ3n) is 2.89. The molecule has 1 N–H and O–H groups in total. The number of sulfonamides is 1. The van der Waals surface area contributed by atoms with Gasteiger partial charge in [0, 0.05) is 19.8 Å². The normalized spacial score (nSPS) is 17.8. The van der Waals surface area contributed by atoms with Gasteiger partial charge in [-0.1, -0.05) is 0 Å². The van der Waals surface area contributed by atoms with Gasteiger partial charge in [0.15, 0.2) is 12.0 Å². The summed E-state index contributed by atoms with van der Waals surface area (Å²) in [5, 5.41) is -0.225. The van der Waals surface area contributed by atoms with E-state index in [1.165, 1.54) is 12.1 Å². The monoisotopic (exact) mass is 273 g/mol. The van der Waals surface area contributed by atoms with Gasteiger partial charge in [-0.3, -0.25) is 4.79 Å². The topological polar surface area (TPSA) is 85.6 Å². The van der Waals surface area contributed by atoms with Crippen molar-refractivity contribution in [3.8, 4) is 0 Å². The van der Waals surface area contributed by atoms with Crippen LogP contribution in [-0.4, -0.2) is 34.5 Å². The Hall–Kier alpha value is -1.18. The molecule has 1 fully saturated rings. The van der Waals surface area contributed by atoms with E-state index >= 15 is 0 Å². The molecular formula is C11H15NO5S. The minimum atomic E-state index is -3.67. The number of ether oxygens (including phenoxy) is 1. The Balaban J connectivity index is 1.96. The number of carbonyl (C=O) groups excluding carboxylic acids is 1. The van der Waals surface area contributed by atoms with E-state index < -0.39 is 10.0 Å². The highest BCUT2D eigenvalue weighted by Gasteiger charge is 2.21. The third-order valence-corrected chi connectivity index (χ3v) is 4.18. The lowest BCUT2D eigenvalue weighted by Gasteiger charge is -2.21. The maximum absolute atomic E-state index is 11.9. The molecule has 1 aliphatic heterocycles. The van der Waals surface area contributed by atoms with Crippen LogP contribution in [-0.2, 0) is 14.8 Å². The summed E-state index contributed by atoms with van der Waals surface area (Å²) in [5.41, 5.74) is 0. The molecule has 2 rings (SSSR count). The second-order valence-electron chi connectivity index (χ2n) is 4.18. The molecule has 100 valence electrons. The fourth-order valence-electron chi connectivity index (χ4n) is 1.79. The van der Waals surface area contributed by atoms with Crippen molar-refractivity contribution in [2.24, 2.45) is 5.92 Å². The summed E-state index contributed by atoms with van der Waals surface area (Å²) in [7, 11) is -3.67. The van der Waals surface area contributed by atoms with Crippen LogP contribution in [0.4, 0.5) is 0 Å². The lowest BCUT2D eigenvalue weighted by Crippen LogP contribution is -2.32. The summed E-state index contributed by atoms with van der Waals surface area (Å²) in [5.74, 6) is 0.287. The zero-order valence-electron chi connectivity index (χ0n) is 9.79. The minimum absolute atomic E-state index is 0.00133. The number of rotatable bonds is 5. The van der Waals surface area contributed by atoms with E-state index in [1.54, 1.807) is 0 Å². The van der Waals surface area contributed by atoms with Gasteiger partial charge in [0.1, 0.15) is 0 Å². The maximum Gasteiger partial charge on any atom is 0.273 e. The van der Waals surface area contributed by atoms with Crippen molar-refractivity contribution in [1.82, 2.24) is 4.72 Å². The van der Waals surface area contributed by atoms with Crippen LogP contribution in [0.2, 0.25) is 0 Å². The predicted molar refractivity (Wildman–Crippen MR) is 62.8 cm³/mol. The van der Waals surface area contributed by atoms with Gasteiger partial charge in [0.2, 0.25) is 5.09 Å². The second kappa shape index (κ2) is 5.64. The van der Waals surface area contributed by atoms with Gasteiger partial charge in [-0.05, 0) is 30.9 Å². The molecule has 0 amide bonds. The predicted octanol–water partition coefficient (Wildman–Crippen LogP) is 0.797. The molecule has 0 bridgehead atoms. The lowest BCUT2D eigenvalue weighted by molar-refractivity contribution is 0.0678. The van der Waals surface area contributed by atoms with Crippen molar-refractivity contribution >= 4 is 16.3 Å². The Labute approximate surface area is 105 Å². The van der Waals surface area contributed by atoms with Gasteiger partial charge >= 0.3 is 0 Å². The van der Waals surface area contributed by atoms with E-state index in [4.69, 9.17) is 9.15 Å². The summed E-state index contributed by atoms with van der Waals surface area (Å²) in [4.78, 5) is 10.4. The Morgan fingerprint density at radius 1 is 1.33 bits per heavy atom. The first-order valence-corrected chi connectivity index (χ1v) is 7.22. The molecule has 1 saturated heterocycles. The summed E-state index contributed by atoms with van der Waals surface area (Å²) in [6.07, 6.45) is 2.16. The highest BCUT2D eigenvalue weighted by molar-refractivity contribution is 7.89. The van der Waals surface area contributed by atoms with Crippen LogP contribution in [0.1, 0.15) is 23.4 Å². The van der Waals surface area contributed by atoms with E-state index in [2.05, 4.69) is 4.72 Å². The van der Waals surface area contributed by atoms with Gasteiger partial charge in [-0.2, -0.15) is 0 Å². The van der Waals surface area contributed by atoms with E-state index in [0.717, 1.165) is 12.8 Å². The minimum Gasteiger partial charge on any atom is -0.440 e. The smallest absolute Gasteiger partial charge is 0.273 e. The SMILES string of the molecule is O=Cc1ccc(S(=O)(=O)NCC2CCOCC2)o1. The fraction of sp³-hybridized carbons (Fsp3) is 0.545. The molecule has 6 nitrogen and oxygen atoms in total. The molecule has 0 saturated carbocycles.